The first-order chi connectivity index (χ1) is 18.9. The van der Waals surface area contributed by atoms with Crippen molar-refractivity contribution in [1.29, 1.82) is 0 Å². The summed E-state index contributed by atoms with van der Waals surface area (Å²) < 4.78 is 26.6. The Labute approximate surface area is 253 Å². The molecule has 220 valence electrons. The molecule has 0 heterocycles. The van der Waals surface area contributed by atoms with Crippen LogP contribution in [0.5, 0.6) is 0 Å². The molecule has 1 atom stereocenters. The number of nitrogens with zero attached hydrogens (tertiary/aromatic N) is 2. The molecule has 0 saturated heterocycles. The van der Waals surface area contributed by atoms with Crippen molar-refractivity contribution in [3.05, 3.63) is 62.6 Å². The van der Waals surface area contributed by atoms with Crippen LogP contribution < -0.4 is 9.62 Å². The van der Waals surface area contributed by atoms with E-state index >= 15 is 0 Å². The van der Waals surface area contributed by atoms with Gasteiger partial charge in [-0.25, -0.2) is 8.42 Å². The second-order valence-corrected chi connectivity index (χ2v) is 13.4. The molecule has 7 nitrogen and oxygen atoms in total. The van der Waals surface area contributed by atoms with Gasteiger partial charge >= 0.3 is 0 Å². The van der Waals surface area contributed by atoms with Crippen molar-refractivity contribution in [1.82, 2.24) is 10.2 Å². The quantitative estimate of drug-likeness (QED) is 0.281. The molecule has 1 saturated carbocycles. The molecule has 0 aliphatic heterocycles. The number of benzene rings is 2. The first kappa shape index (κ1) is 32.5. The summed E-state index contributed by atoms with van der Waals surface area (Å²) in [5.74, 6) is -0.476. The zero-order chi connectivity index (χ0) is 29.4. The van der Waals surface area contributed by atoms with Gasteiger partial charge in [0, 0.05) is 46.2 Å². The van der Waals surface area contributed by atoms with E-state index in [4.69, 9.17) is 34.8 Å². The van der Waals surface area contributed by atoms with Crippen molar-refractivity contribution in [3.8, 4) is 0 Å². The van der Waals surface area contributed by atoms with Gasteiger partial charge in [-0.2, -0.15) is 0 Å². The zero-order valence-electron chi connectivity index (χ0n) is 23.3. The number of hydrogen-bond donors (Lipinski definition) is 1. The molecule has 1 aliphatic carbocycles. The minimum Gasteiger partial charge on any atom is -0.352 e. The number of halogens is 3. The van der Waals surface area contributed by atoms with Crippen LogP contribution in [0.1, 0.15) is 69.4 Å². The Kier molecular flexibility index (Phi) is 12.0. The predicted molar refractivity (Wildman–Crippen MR) is 164 cm³/mol. The molecule has 2 aromatic carbocycles. The van der Waals surface area contributed by atoms with Crippen molar-refractivity contribution >= 4 is 62.3 Å². The summed E-state index contributed by atoms with van der Waals surface area (Å²) in [5, 5.41) is 4.43. The van der Waals surface area contributed by atoms with Crippen LogP contribution in [0.3, 0.4) is 0 Å². The van der Waals surface area contributed by atoms with E-state index in [0.717, 1.165) is 31.9 Å². The van der Waals surface area contributed by atoms with E-state index in [2.05, 4.69) is 5.32 Å². The molecule has 11 heteroatoms. The van der Waals surface area contributed by atoms with Gasteiger partial charge in [-0.3, -0.25) is 13.9 Å². The zero-order valence-corrected chi connectivity index (χ0v) is 26.3. The van der Waals surface area contributed by atoms with Crippen LogP contribution in [0.25, 0.3) is 0 Å². The lowest BCUT2D eigenvalue weighted by Gasteiger charge is -2.33. The molecule has 3 rings (SSSR count). The summed E-state index contributed by atoms with van der Waals surface area (Å²) in [6, 6.07) is 9.59. The molecule has 0 spiro atoms. The van der Waals surface area contributed by atoms with Crippen molar-refractivity contribution in [2.75, 3.05) is 17.1 Å². The van der Waals surface area contributed by atoms with E-state index < -0.39 is 16.1 Å². The van der Waals surface area contributed by atoms with Crippen LogP contribution >= 0.6 is 34.8 Å². The van der Waals surface area contributed by atoms with Crippen LogP contribution in [0.4, 0.5) is 5.69 Å². The third-order valence-electron chi connectivity index (χ3n) is 7.39. The van der Waals surface area contributed by atoms with Crippen LogP contribution in [-0.2, 0) is 26.2 Å². The molecule has 1 aliphatic rings. The van der Waals surface area contributed by atoms with Gasteiger partial charge in [0.15, 0.2) is 0 Å². The molecule has 0 aromatic heterocycles. The number of hydrogen-bond acceptors (Lipinski definition) is 4. The Bertz CT molecular complexity index is 1280. The van der Waals surface area contributed by atoms with E-state index in [1.54, 1.807) is 43.3 Å². The highest BCUT2D eigenvalue weighted by atomic mass is 35.5. The topological polar surface area (TPSA) is 86.8 Å². The Morgan fingerprint density at radius 2 is 1.60 bits per heavy atom. The van der Waals surface area contributed by atoms with Gasteiger partial charge in [0.2, 0.25) is 21.8 Å². The number of carbonyl (C=O) groups is 2. The predicted octanol–water partition coefficient (Wildman–Crippen LogP) is 6.76. The normalized spacial score (nSPS) is 14.9. The summed E-state index contributed by atoms with van der Waals surface area (Å²) in [6.07, 6.45) is 6.97. The van der Waals surface area contributed by atoms with Crippen molar-refractivity contribution in [2.24, 2.45) is 0 Å². The molecule has 0 bridgehead atoms. The maximum atomic E-state index is 13.7. The first-order valence-electron chi connectivity index (χ1n) is 13.7. The number of amides is 2. The Morgan fingerprint density at radius 1 is 1.00 bits per heavy atom. The largest absolute Gasteiger partial charge is 0.352 e. The lowest BCUT2D eigenvalue weighted by Crippen LogP contribution is -2.51. The average Bonchev–Trinajstić information content (AvgIpc) is 2.90. The van der Waals surface area contributed by atoms with Gasteiger partial charge in [-0.15, -0.1) is 0 Å². The van der Waals surface area contributed by atoms with Crippen molar-refractivity contribution < 1.29 is 18.0 Å². The maximum absolute atomic E-state index is 13.7. The molecule has 1 fully saturated rings. The van der Waals surface area contributed by atoms with Gasteiger partial charge in [0.1, 0.15) is 6.04 Å². The second-order valence-electron chi connectivity index (χ2n) is 10.3. The van der Waals surface area contributed by atoms with E-state index in [1.807, 2.05) is 6.92 Å². The molecule has 0 radical (unpaired) electrons. The number of rotatable bonds is 12. The van der Waals surface area contributed by atoms with Crippen LogP contribution in [-0.4, -0.2) is 50.0 Å². The van der Waals surface area contributed by atoms with E-state index in [-0.39, 0.29) is 43.8 Å². The van der Waals surface area contributed by atoms with Crippen molar-refractivity contribution in [3.63, 3.8) is 0 Å². The van der Waals surface area contributed by atoms with Gasteiger partial charge in [0.25, 0.3) is 0 Å². The summed E-state index contributed by atoms with van der Waals surface area (Å²) in [4.78, 5) is 28.7. The monoisotopic (exact) mass is 629 g/mol. The molecule has 1 unspecified atom stereocenters. The van der Waals surface area contributed by atoms with Gasteiger partial charge < -0.3 is 10.2 Å². The molecule has 40 heavy (non-hydrogen) atoms. The van der Waals surface area contributed by atoms with Crippen LogP contribution in [0, 0.1) is 6.92 Å². The summed E-state index contributed by atoms with van der Waals surface area (Å²) in [7, 11) is -3.64. The number of sulfonamides is 1. The Morgan fingerprint density at radius 3 is 2.20 bits per heavy atom. The highest BCUT2D eigenvalue weighted by Crippen LogP contribution is 2.30. The maximum Gasteiger partial charge on any atom is 0.243 e. The average molecular weight is 631 g/mol. The molecule has 2 aromatic rings. The van der Waals surface area contributed by atoms with E-state index in [9.17, 15) is 18.0 Å². The first-order valence-corrected chi connectivity index (χ1v) is 16.7. The lowest BCUT2D eigenvalue weighted by molar-refractivity contribution is -0.141. The number of anilines is 1. The van der Waals surface area contributed by atoms with Crippen molar-refractivity contribution in [2.45, 2.75) is 83.8 Å². The van der Waals surface area contributed by atoms with Gasteiger partial charge in [0.05, 0.1) is 11.9 Å². The fourth-order valence-corrected chi connectivity index (χ4v) is 6.87. The van der Waals surface area contributed by atoms with Gasteiger partial charge in [-0.05, 0) is 62.4 Å². The van der Waals surface area contributed by atoms with E-state index in [1.165, 1.54) is 15.6 Å². The SMILES string of the molecule is CCC(C(=O)NC1CCCCC1)N(Cc1c(Cl)cccc1Cl)C(=O)CCCN(c1cccc(Cl)c1C)S(C)(=O)=O. The lowest BCUT2D eigenvalue weighted by atomic mass is 9.95. The molecule has 1 N–H and O–H groups in total. The Hall–Kier alpha value is -2.00. The smallest absolute Gasteiger partial charge is 0.243 e. The van der Waals surface area contributed by atoms with Gasteiger partial charge in [-0.1, -0.05) is 73.1 Å². The summed E-state index contributed by atoms with van der Waals surface area (Å²) in [6.45, 7) is 3.77. The van der Waals surface area contributed by atoms with E-state index in [0.29, 0.717) is 38.3 Å². The standard InChI is InChI=1S/C29H38Cl3N3O4S/c1-4-26(29(37)33-21-11-6-5-7-12-21)34(19-22-24(31)14-8-15-25(22)32)28(36)17-10-18-35(40(3,38)39)27-16-9-13-23(30)20(27)2/h8-9,13-16,21,26H,4-7,10-12,17-19H2,1-3H3,(H,33,37). The highest BCUT2D eigenvalue weighted by Gasteiger charge is 2.31. The summed E-state index contributed by atoms with van der Waals surface area (Å²) in [5.41, 5.74) is 1.68. The second kappa shape index (κ2) is 14.8. The highest BCUT2D eigenvalue weighted by molar-refractivity contribution is 7.92. The third-order valence-corrected chi connectivity index (χ3v) is 9.69. The molecular formula is C29H38Cl3N3O4S. The number of nitrogens with one attached hydrogen (secondary N) is 1. The minimum absolute atomic E-state index is 0.0287. The van der Waals surface area contributed by atoms with Crippen LogP contribution in [0.2, 0.25) is 15.1 Å². The number of carbonyl (C=O) groups excluding carboxylic acids is 2. The van der Waals surface area contributed by atoms with Crippen LogP contribution in [0.15, 0.2) is 36.4 Å². The molecule has 2 amide bonds. The minimum atomic E-state index is -3.64. The molecular weight excluding hydrogens is 593 g/mol. The Balaban J connectivity index is 1.82. The fraction of sp³-hybridized carbons (Fsp3) is 0.517. The summed E-state index contributed by atoms with van der Waals surface area (Å²) >= 11 is 19.1. The third kappa shape index (κ3) is 8.51. The fourth-order valence-electron chi connectivity index (χ4n) is 5.17.